The quantitative estimate of drug-likeness (QED) is 0.860. The smallest absolute Gasteiger partial charge is 0.336 e. The molecule has 2 nitrogen and oxygen atoms in total. The second-order valence-corrected chi connectivity index (χ2v) is 3.69. The zero-order valence-corrected chi connectivity index (χ0v) is 9.31. The summed E-state index contributed by atoms with van der Waals surface area (Å²) in [7, 11) is 0. The van der Waals surface area contributed by atoms with Gasteiger partial charge < -0.3 is 5.11 Å². The Hall–Kier alpha value is -2.35. The standard InChI is InChI=1S/C15H12O2/c1-3-10-6-5-7-12-13(15(16)17)9-8-11(4-2)14(10)12/h3-9H,1-2H2,(H,16,17). The second-order valence-electron chi connectivity index (χ2n) is 3.69. The van der Waals surface area contributed by atoms with Crippen molar-refractivity contribution in [2.75, 3.05) is 0 Å². The summed E-state index contributed by atoms with van der Waals surface area (Å²) in [4.78, 5) is 11.2. The molecule has 0 amide bonds. The Morgan fingerprint density at radius 3 is 2.29 bits per heavy atom. The number of carbonyl (C=O) groups is 1. The fourth-order valence-corrected chi connectivity index (χ4v) is 1.99. The number of carboxylic acid groups (broad SMARTS) is 1. The molecule has 0 unspecified atom stereocenters. The number of hydrogen-bond acceptors (Lipinski definition) is 1. The van der Waals surface area contributed by atoms with E-state index >= 15 is 0 Å². The molecule has 2 heteroatoms. The molecule has 0 heterocycles. The van der Waals surface area contributed by atoms with Gasteiger partial charge in [0.2, 0.25) is 0 Å². The van der Waals surface area contributed by atoms with Crippen molar-refractivity contribution in [3.8, 4) is 0 Å². The van der Waals surface area contributed by atoms with Gasteiger partial charge in [-0.1, -0.05) is 49.6 Å². The Labute approximate surface area is 99.5 Å². The van der Waals surface area contributed by atoms with E-state index in [0.717, 1.165) is 16.5 Å². The SMILES string of the molecule is C=Cc1cccc2c(C(=O)O)ccc(C=C)c12. The molecule has 0 radical (unpaired) electrons. The third-order valence-electron chi connectivity index (χ3n) is 2.78. The van der Waals surface area contributed by atoms with Crippen LogP contribution in [0.3, 0.4) is 0 Å². The van der Waals surface area contributed by atoms with Crippen LogP contribution in [0.25, 0.3) is 22.9 Å². The highest BCUT2D eigenvalue weighted by molar-refractivity contribution is 6.08. The zero-order chi connectivity index (χ0) is 12.4. The molecule has 2 aromatic rings. The number of aromatic carboxylic acids is 1. The van der Waals surface area contributed by atoms with Gasteiger partial charge >= 0.3 is 5.97 Å². The first-order chi connectivity index (χ1) is 8.19. The molecule has 0 aliphatic heterocycles. The van der Waals surface area contributed by atoms with Crippen LogP contribution >= 0.6 is 0 Å². The molecule has 2 rings (SSSR count). The molecule has 0 aromatic heterocycles. The van der Waals surface area contributed by atoms with Crippen molar-refractivity contribution in [2.45, 2.75) is 0 Å². The summed E-state index contributed by atoms with van der Waals surface area (Å²) in [5.41, 5.74) is 2.13. The molecule has 0 aliphatic carbocycles. The van der Waals surface area contributed by atoms with Crippen LogP contribution < -0.4 is 0 Å². The summed E-state index contributed by atoms with van der Waals surface area (Å²) in [6, 6.07) is 8.92. The van der Waals surface area contributed by atoms with Crippen molar-refractivity contribution < 1.29 is 9.90 Å². The molecule has 0 saturated carbocycles. The van der Waals surface area contributed by atoms with Crippen molar-refractivity contribution in [1.82, 2.24) is 0 Å². The number of hydrogen-bond donors (Lipinski definition) is 1. The third-order valence-corrected chi connectivity index (χ3v) is 2.78. The number of benzene rings is 2. The van der Waals surface area contributed by atoms with Gasteiger partial charge in [0.05, 0.1) is 5.56 Å². The average Bonchev–Trinajstić information content (AvgIpc) is 2.36. The first kappa shape index (κ1) is 11.1. The van der Waals surface area contributed by atoms with E-state index in [1.54, 1.807) is 30.4 Å². The Bertz CT molecular complexity index is 610. The van der Waals surface area contributed by atoms with Gasteiger partial charge in [0.1, 0.15) is 0 Å². The van der Waals surface area contributed by atoms with Crippen LogP contribution in [-0.4, -0.2) is 11.1 Å². The Morgan fingerprint density at radius 1 is 1.06 bits per heavy atom. The normalized spacial score (nSPS) is 10.1. The largest absolute Gasteiger partial charge is 0.478 e. The maximum atomic E-state index is 11.2. The van der Waals surface area contributed by atoms with Crippen LogP contribution in [0.15, 0.2) is 43.5 Å². The van der Waals surface area contributed by atoms with Gasteiger partial charge in [-0.15, -0.1) is 0 Å². The van der Waals surface area contributed by atoms with Crippen LogP contribution in [-0.2, 0) is 0 Å². The molecule has 0 fully saturated rings. The molecular weight excluding hydrogens is 212 g/mol. The lowest BCUT2D eigenvalue weighted by Crippen LogP contribution is -1.98. The Balaban J connectivity index is 2.99. The van der Waals surface area contributed by atoms with Crippen molar-refractivity contribution in [3.05, 3.63) is 60.2 Å². The summed E-state index contributed by atoms with van der Waals surface area (Å²) in [5, 5.41) is 10.8. The van der Waals surface area contributed by atoms with Crippen LogP contribution in [0.1, 0.15) is 21.5 Å². The topological polar surface area (TPSA) is 37.3 Å². The molecule has 0 bridgehead atoms. The summed E-state index contributed by atoms with van der Waals surface area (Å²) in [6.07, 6.45) is 3.45. The molecule has 0 atom stereocenters. The molecule has 17 heavy (non-hydrogen) atoms. The van der Waals surface area contributed by atoms with E-state index in [1.165, 1.54) is 0 Å². The minimum atomic E-state index is -0.924. The summed E-state index contributed by atoms with van der Waals surface area (Å²) in [5.74, 6) is -0.924. The van der Waals surface area contributed by atoms with Crippen LogP contribution in [0.2, 0.25) is 0 Å². The highest BCUT2D eigenvalue weighted by Gasteiger charge is 2.11. The van der Waals surface area contributed by atoms with Crippen molar-refractivity contribution in [2.24, 2.45) is 0 Å². The maximum Gasteiger partial charge on any atom is 0.336 e. The van der Waals surface area contributed by atoms with Crippen molar-refractivity contribution in [1.29, 1.82) is 0 Å². The molecule has 84 valence electrons. The first-order valence-corrected chi connectivity index (χ1v) is 5.23. The number of carboxylic acids is 1. The van der Waals surface area contributed by atoms with E-state index < -0.39 is 5.97 Å². The first-order valence-electron chi connectivity index (χ1n) is 5.23. The van der Waals surface area contributed by atoms with E-state index in [9.17, 15) is 4.79 Å². The van der Waals surface area contributed by atoms with Gasteiger partial charge in [-0.05, 0) is 28.0 Å². The highest BCUT2D eigenvalue weighted by Crippen LogP contribution is 2.27. The van der Waals surface area contributed by atoms with E-state index in [0.29, 0.717) is 10.9 Å². The summed E-state index contributed by atoms with van der Waals surface area (Å²) in [6.45, 7) is 7.50. The van der Waals surface area contributed by atoms with Gasteiger partial charge in [-0.25, -0.2) is 4.79 Å². The molecular formula is C15H12O2. The molecule has 0 aliphatic rings. The number of fused-ring (bicyclic) bond motifs is 1. The molecule has 1 N–H and O–H groups in total. The van der Waals surface area contributed by atoms with Crippen LogP contribution in [0, 0.1) is 0 Å². The average molecular weight is 224 g/mol. The number of rotatable bonds is 3. The predicted molar refractivity (Wildman–Crippen MR) is 71.1 cm³/mol. The fourth-order valence-electron chi connectivity index (χ4n) is 1.99. The van der Waals surface area contributed by atoms with E-state index in [-0.39, 0.29) is 0 Å². The minimum Gasteiger partial charge on any atom is -0.478 e. The van der Waals surface area contributed by atoms with Gasteiger partial charge in [0.25, 0.3) is 0 Å². The van der Waals surface area contributed by atoms with Gasteiger partial charge in [0, 0.05) is 0 Å². The monoisotopic (exact) mass is 224 g/mol. The summed E-state index contributed by atoms with van der Waals surface area (Å²) >= 11 is 0. The van der Waals surface area contributed by atoms with Gasteiger partial charge in [-0.3, -0.25) is 0 Å². The van der Waals surface area contributed by atoms with E-state index in [4.69, 9.17) is 5.11 Å². The third kappa shape index (κ3) is 1.74. The Kier molecular flexibility index (Phi) is 2.79. The molecule has 0 saturated heterocycles. The lowest BCUT2D eigenvalue weighted by Gasteiger charge is -2.09. The fraction of sp³-hybridized carbons (Fsp3) is 0. The lowest BCUT2D eigenvalue weighted by molar-refractivity contribution is 0.0699. The van der Waals surface area contributed by atoms with Gasteiger partial charge in [-0.2, -0.15) is 0 Å². The minimum absolute atomic E-state index is 0.300. The maximum absolute atomic E-state index is 11.2. The van der Waals surface area contributed by atoms with Gasteiger partial charge in [0.15, 0.2) is 0 Å². The van der Waals surface area contributed by atoms with Crippen LogP contribution in [0.5, 0.6) is 0 Å². The van der Waals surface area contributed by atoms with Crippen molar-refractivity contribution >= 4 is 28.9 Å². The molecule has 2 aromatic carbocycles. The van der Waals surface area contributed by atoms with E-state index in [1.807, 2.05) is 12.1 Å². The molecule has 0 spiro atoms. The zero-order valence-electron chi connectivity index (χ0n) is 9.31. The highest BCUT2D eigenvalue weighted by atomic mass is 16.4. The Morgan fingerprint density at radius 2 is 1.71 bits per heavy atom. The van der Waals surface area contributed by atoms with Crippen LogP contribution in [0.4, 0.5) is 0 Å². The van der Waals surface area contributed by atoms with Crippen molar-refractivity contribution in [3.63, 3.8) is 0 Å². The predicted octanol–water partition coefficient (Wildman–Crippen LogP) is 3.82. The lowest BCUT2D eigenvalue weighted by atomic mass is 9.95. The van der Waals surface area contributed by atoms with E-state index in [2.05, 4.69) is 13.2 Å². The summed E-state index contributed by atoms with van der Waals surface area (Å²) < 4.78 is 0. The second kappa shape index (κ2) is 4.26.